The molecule has 0 aliphatic heterocycles. The molecule has 20 heavy (non-hydrogen) atoms. The molecule has 4 nitrogen and oxygen atoms in total. The van der Waals surface area contributed by atoms with Gasteiger partial charge in [-0.15, -0.1) is 0 Å². The first-order valence-corrected chi connectivity index (χ1v) is 7.26. The maximum Gasteiger partial charge on any atom is 0.127 e. The highest BCUT2D eigenvalue weighted by molar-refractivity contribution is 5.33. The van der Waals surface area contributed by atoms with Crippen LogP contribution in [0.15, 0.2) is 12.3 Å². The number of nitrogens with one attached hydrogen (secondary N) is 1. The Bertz CT molecular complexity index is 413. The van der Waals surface area contributed by atoms with Gasteiger partial charge < -0.3 is 14.8 Å². The third-order valence-corrected chi connectivity index (χ3v) is 2.77. The van der Waals surface area contributed by atoms with Crippen LogP contribution in [0.1, 0.15) is 45.9 Å². The Balaban J connectivity index is 2.74. The zero-order chi connectivity index (χ0) is 15.2. The van der Waals surface area contributed by atoms with Crippen LogP contribution in [0.2, 0.25) is 0 Å². The fourth-order valence-corrected chi connectivity index (χ4v) is 1.70. The molecule has 1 aromatic heterocycles. The summed E-state index contributed by atoms with van der Waals surface area (Å²) in [7, 11) is 0. The largest absolute Gasteiger partial charge is 0.488 e. The number of rotatable bonds is 7. The molecule has 1 heterocycles. The van der Waals surface area contributed by atoms with Gasteiger partial charge in [-0.25, -0.2) is 0 Å². The van der Waals surface area contributed by atoms with Gasteiger partial charge in [-0.2, -0.15) is 0 Å². The first-order chi connectivity index (χ1) is 9.31. The lowest BCUT2D eigenvalue weighted by molar-refractivity contribution is 0.0650. The average molecular weight is 280 g/mol. The molecule has 1 N–H and O–H groups in total. The molecule has 0 bridgehead atoms. The molecule has 1 unspecified atom stereocenters. The van der Waals surface area contributed by atoms with Gasteiger partial charge in [0.05, 0.1) is 6.61 Å². The Morgan fingerprint density at radius 3 is 2.65 bits per heavy atom. The van der Waals surface area contributed by atoms with E-state index in [0.29, 0.717) is 13.2 Å². The van der Waals surface area contributed by atoms with E-state index in [1.165, 1.54) is 0 Å². The zero-order valence-corrected chi connectivity index (χ0v) is 13.6. The van der Waals surface area contributed by atoms with Crippen molar-refractivity contribution >= 4 is 0 Å². The molecule has 0 radical (unpaired) electrons. The van der Waals surface area contributed by atoms with Gasteiger partial charge in [-0.05, 0) is 41.5 Å². The number of aromatic nitrogens is 1. The second-order valence-corrected chi connectivity index (χ2v) is 6.12. The standard InChI is InChI=1S/C16H28N2O2/c1-7-19-11-13(3)20-15-8-12(2)17-9-14(15)10-18-16(4,5)6/h8-9,13,18H,7,10-11H2,1-6H3. The van der Waals surface area contributed by atoms with Crippen molar-refractivity contribution in [3.8, 4) is 5.75 Å². The fourth-order valence-electron chi connectivity index (χ4n) is 1.70. The lowest BCUT2D eigenvalue weighted by Crippen LogP contribution is -2.35. The Labute approximate surface area is 122 Å². The summed E-state index contributed by atoms with van der Waals surface area (Å²) in [4.78, 5) is 4.36. The number of aryl methyl sites for hydroxylation is 1. The van der Waals surface area contributed by atoms with Crippen LogP contribution in [0, 0.1) is 6.92 Å². The summed E-state index contributed by atoms with van der Waals surface area (Å²) in [5.41, 5.74) is 2.11. The molecule has 0 spiro atoms. The van der Waals surface area contributed by atoms with Gasteiger partial charge >= 0.3 is 0 Å². The first-order valence-electron chi connectivity index (χ1n) is 7.26. The fraction of sp³-hybridized carbons (Fsp3) is 0.688. The number of hydrogen-bond acceptors (Lipinski definition) is 4. The van der Waals surface area contributed by atoms with Crippen molar-refractivity contribution < 1.29 is 9.47 Å². The lowest BCUT2D eigenvalue weighted by Gasteiger charge is -2.22. The molecular weight excluding hydrogens is 252 g/mol. The molecule has 1 aromatic rings. The number of nitrogens with zero attached hydrogens (tertiary/aromatic N) is 1. The topological polar surface area (TPSA) is 43.4 Å². The quantitative estimate of drug-likeness (QED) is 0.833. The van der Waals surface area contributed by atoms with E-state index in [-0.39, 0.29) is 11.6 Å². The van der Waals surface area contributed by atoms with E-state index in [9.17, 15) is 0 Å². The molecule has 0 saturated carbocycles. The van der Waals surface area contributed by atoms with E-state index in [0.717, 1.165) is 23.6 Å². The van der Waals surface area contributed by atoms with Crippen molar-refractivity contribution in [2.75, 3.05) is 13.2 Å². The maximum atomic E-state index is 5.99. The smallest absolute Gasteiger partial charge is 0.127 e. The maximum absolute atomic E-state index is 5.99. The monoisotopic (exact) mass is 280 g/mol. The van der Waals surface area contributed by atoms with Crippen molar-refractivity contribution in [2.24, 2.45) is 0 Å². The minimum absolute atomic E-state index is 0.0325. The number of pyridine rings is 1. The summed E-state index contributed by atoms with van der Waals surface area (Å²) in [5, 5.41) is 3.46. The summed E-state index contributed by atoms with van der Waals surface area (Å²) in [5.74, 6) is 0.890. The highest BCUT2D eigenvalue weighted by Crippen LogP contribution is 2.21. The van der Waals surface area contributed by atoms with Crippen molar-refractivity contribution in [1.82, 2.24) is 10.3 Å². The zero-order valence-electron chi connectivity index (χ0n) is 13.6. The van der Waals surface area contributed by atoms with Crippen LogP contribution in [0.25, 0.3) is 0 Å². The molecule has 114 valence electrons. The minimum Gasteiger partial charge on any atom is -0.488 e. The van der Waals surface area contributed by atoms with Crippen LogP contribution in [0.4, 0.5) is 0 Å². The molecule has 0 aromatic carbocycles. The van der Waals surface area contributed by atoms with Crippen LogP contribution >= 0.6 is 0 Å². The summed E-state index contributed by atoms with van der Waals surface area (Å²) >= 11 is 0. The van der Waals surface area contributed by atoms with Gasteiger partial charge in [-0.1, -0.05) is 0 Å². The summed E-state index contributed by atoms with van der Waals surface area (Å²) in [6, 6.07) is 1.99. The minimum atomic E-state index is 0.0325. The molecule has 4 heteroatoms. The van der Waals surface area contributed by atoms with Crippen LogP contribution in [-0.4, -0.2) is 29.8 Å². The Morgan fingerprint density at radius 1 is 1.35 bits per heavy atom. The molecule has 0 fully saturated rings. The normalized spacial score (nSPS) is 13.3. The second kappa shape index (κ2) is 7.60. The molecule has 1 rings (SSSR count). The number of ether oxygens (including phenoxy) is 2. The third-order valence-electron chi connectivity index (χ3n) is 2.77. The Hall–Kier alpha value is -1.13. The van der Waals surface area contributed by atoms with E-state index >= 15 is 0 Å². The predicted molar refractivity (Wildman–Crippen MR) is 82.1 cm³/mol. The highest BCUT2D eigenvalue weighted by atomic mass is 16.5. The Morgan fingerprint density at radius 2 is 2.05 bits per heavy atom. The van der Waals surface area contributed by atoms with Crippen molar-refractivity contribution in [3.05, 3.63) is 23.5 Å². The van der Waals surface area contributed by atoms with Gasteiger partial charge in [0.1, 0.15) is 11.9 Å². The van der Waals surface area contributed by atoms with E-state index in [1.807, 2.05) is 33.0 Å². The molecular formula is C16H28N2O2. The molecule has 1 atom stereocenters. The molecule has 0 amide bonds. The van der Waals surface area contributed by atoms with Crippen LogP contribution in [-0.2, 0) is 11.3 Å². The van der Waals surface area contributed by atoms with E-state index in [4.69, 9.17) is 9.47 Å². The van der Waals surface area contributed by atoms with Crippen LogP contribution in [0.5, 0.6) is 5.75 Å². The number of hydrogen-bond donors (Lipinski definition) is 1. The van der Waals surface area contributed by atoms with Crippen molar-refractivity contribution in [1.29, 1.82) is 0 Å². The average Bonchev–Trinajstić information content (AvgIpc) is 2.34. The summed E-state index contributed by atoms with van der Waals surface area (Å²) in [6.07, 6.45) is 1.92. The molecule has 0 saturated heterocycles. The van der Waals surface area contributed by atoms with Gasteiger partial charge in [0, 0.05) is 42.2 Å². The predicted octanol–water partition coefficient (Wildman–Crippen LogP) is 3.08. The van der Waals surface area contributed by atoms with Gasteiger partial charge in [0.15, 0.2) is 0 Å². The first kappa shape index (κ1) is 16.9. The van der Waals surface area contributed by atoms with Gasteiger partial charge in [0.25, 0.3) is 0 Å². The summed E-state index contributed by atoms with van der Waals surface area (Å²) in [6.45, 7) is 14.5. The van der Waals surface area contributed by atoms with E-state index in [2.05, 4.69) is 31.1 Å². The third kappa shape index (κ3) is 6.35. The molecule has 0 aliphatic rings. The van der Waals surface area contributed by atoms with Crippen LogP contribution < -0.4 is 10.1 Å². The van der Waals surface area contributed by atoms with E-state index in [1.54, 1.807) is 0 Å². The van der Waals surface area contributed by atoms with Crippen LogP contribution in [0.3, 0.4) is 0 Å². The second-order valence-electron chi connectivity index (χ2n) is 6.12. The lowest BCUT2D eigenvalue weighted by atomic mass is 10.1. The SMILES string of the molecule is CCOCC(C)Oc1cc(C)ncc1CNC(C)(C)C. The highest BCUT2D eigenvalue weighted by Gasteiger charge is 2.13. The van der Waals surface area contributed by atoms with Crippen molar-refractivity contribution in [3.63, 3.8) is 0 Å². The van der Waals surface area contributed by atoms with Crippen molar-refractivity contribution in [2.45, 2.75) is 59.7 Å². The van der Waals surface area contributed by atoms with E-state index < -0.39 is 0 Å². The van der Waals surface area contributed by atoms with Gasteiger partial charge in [0.2, 0.25) is 0 Å². The summed E-state index contributed by atoms with van der Waals surface area (Å²) < 4.78 is 11.4. The Kier molecular flexibility index (Phi) is 6.43. The van der Waals surface area contributed by atoms with Gasteiger partial charge in [-0.3, -0.25) is 4.98 Å². The molecule has 0 aliphatic carbocycles.